The minimum absolute atomic E-state index is 0.154. The Morgan fingerprint density at radius 1 is 1.39 bits per heavy atom. The first-order chi connectivity index (χ1) is 8.58. The number of hydrogen-bond donors (Lipinski definition) is 1. The van der Waals surface area contributed by atoms with E-state index < -0.39 is 5.38 Å². The van der Waals surface area contributed by atoms with Crippen molar-refractivity contribution in [3.63, 3.8) is 0 Å². The lowest BCUT2D eigenvalue weighted by Crippen LogP contribution is -2.23. The Morgan fingerprint density at radius 2 is 2.06 bits per heavy atom. The van der Waals surface area contributed by atoms with Crippen LogP contribution in [0.3, 0.4) is 0 Å². The average Bonchev–Trinajstić information content (AvgIpc) is 2.76. The standard InChI is InChI=1S/C13H15ClN2O2/c1-9(14)13(18)15-10-4-6-11(7-5-10)16-8-2-3-12(16)17/h4-7,9H,2-3,8H2,1H3,(H,15,18)/t9-/m1/s1. The molecule has 5 heteroatoms. The summed E-state index contributed by atoms with van der Waals surface area (Å²) >= 11 is 5.67. The van der Waals surface area contributed by atoms with E-state index >= 15 is 0 Å². The molecule has 0 saturated carbocycles. The molecule has 4 nitrogen and oxygen atoms in total. The van der Waals surface area contributed by atoms with Crippen LogP contribution in [0.4, 0.5) is 11.4 Å². The van der Waals surface area contributed by atoms with Crippen molar-refractivity contribution in [2.24, 2.45) is 0 Å². The Hall–Kier alpha value is -1.55. The smallest absolute Gasteiger partial charge is 0.242 e. The maximum Gasteiger partial charge on any atom is 0.242 e. The van der Waals surface area contributed by atoms with Crippen molar-refractivity contribution >= 4 is 34.8 Å². The monoisotopic (exact) mass is 266 g/mol. The zero-order valence-corrected chi connectivity index (χ0v) is 10.9. The number of nitrogens with one attached hydrogen (secondary N) is 1. The zero-order chi connectivity index (χ0) is 13.1. The molecule has 1 saturated heterocycles. The van der Waals surface area contributed by atoms with E-state index in [-0.39, 0.29) is 11.8 Å². The summed E-state index contributed by atoms with van der Waals surface area (Å²) in [6.07, 6.45) is 1.52. The molecule has 0 spiro atoms. The number of carbonyl (C=O) groups excluding carboxylic acids is 2. The van der Waals surface area contributed by atoms with Gasteiger partial charge >= 0.3 is 0 Å². The van der Waals surface area contributed by atoms with Crippen LogP contribution in [0.1, 0.15) is 19.8 Å². The van der Waals surface area contributed by atoms with E-state index in [4.69, 9.17) is 11.6 Å². The second kappa shape index (κ2) is 5.40. The van der Waals surface area contributed by atoms with E-state index in [1.165, 1.54) is 0 Å². The highest BCUT2D eigenvalue weighted by Gasteiger charge is 2.21. The number of halogens is 1. The second-order valence-corrected chi connectivity index (χ2v) is 4.96. The molecule has 1 aliphatic rings. The average molecular weight is 267 g/mol. The number of alkyl halides is 1. The number of nitrogens with zero attached hydrogens (tertiary/aromatic N) is 1. The van der Waals surface area contributed by atoms with Gasteiger partial charge in [-0.15, -0.1) is 11.6 Å². The summed E-state index contributed by atoms with van der Waals surface area (Å²) in [6, 6.07) is 7.21. The van der Waals surface area contributed by atoms with Crippen LogP contribution >= 0.6 is 11.6 Å². The van der Waals surface area contributed by atoms with Crippen molar-refractivity contribution in [2.45, 2.75) is 25.1 Å². The fourth-order valence-corrected chi connectivity index (χ4v) is 1.94. The first-order valence-corrected chi connectivity index (χ1v) is 6.37. The van der Waals surface area contributed by atoms with Gasteiger partial charge in [0.15, 0.2) is 0 Å². The van der Waals surface area contributed by atoms with Crippen molar-refractivity contribution in [3.05, 3.63) is 24.3 Å². The Kier molecular flexibility index (Phi) is 3.87. The molecule has 1 fully saturated rings. The van der Waals surface area contributed by atoms with Gasteiger partial charge in [0.05, 0.1) is 0 Å². The molecule has 1 N–H and O–H groups in total. The van der Waals surface area contributed by atoms with Crippen LogP contribution in [0.5, 0.6) is 0 Å². The fraction of sp³-hybridized carbons (Fsp3) is 0.385. The summed E-state index contributed by atoms with van der Waals surface area (Å²) in [6.45, 7) is 2.39. The van der Waals surface area contributed by atoms with Crippen molar-refractivity contribution in [1.82, 2.24) is 0 Å². The van der Waals surface area contributed by atoms with Gasteiger partial charge in [0, 0.05) is 24.3 Å². The Balaban J connectivity index is 2.06. The quantitative estimate of drug-likeness (QED) is 0.854. The molecule has 1 heterocycles. The van der Waals surface area contributed by atoms with Gasteiger partial charge in [-0.25, -0.2) is 0 Å². The highest BCUT2D eigenvalue weighted by Crippen LogP contribution is 2.23. The summed E-state index contributed by atoms with van der Waals surface area (Å²) in [5, 5.41) is 2.13. The normalized spacial score (nSPS) is 16.8. The summed E-state index contributed by atoms with van der Waals surface area (Å²) < 4.78 is 0. The first kappa shape index (κ1) is 12.9. The van der Waals surface area contributed by atoms with Gasteiger partial charge in [-0.05, 0) is 37.6 Å². The molecule has 18 heavy (non-hydrogen) atoms. The molecule has 2 rings (SSSR count). The highest BCUT2D eigenvalue weighted by molar-refractivity contribution is 6.32. The molecule has 2 amide bonds. The predicted molar refractivity (Wildman–Crippen MR) is 72.0 cm³/mol. The van der Waals surface area contributed by atoms with Crippen LogP contribution in [-0.2, 0) is 9.59 Å². The number of carbonyl (C=O) groups is 2. The lowest BCUT2D eigenvalue weighted by Gasteiger charge is -2.16. The van der Waals surface area contributed by atoms with Crippen LogP contribution in [0.25, 0.3) is 0 Å². The molecule has 1 atom stereocenters. The lowest BCUT2D eigenvalue weighted by molar-refractivity contribution is -0.117. The lowest BCUT2D eigenvalue weighted by atomic mass is 10.2. The van der Waals surface area contributed by atoms with E-state index in [1.807, 2.05) is 12.1 Å². The van der Waals surface area contributed by atoms with Crippen molar-refractivity contribution in [3.8, 4) is 0 Å². The van der Waals surface area contributed by atoms with Gasteiger partial charge in [0.25, 0.3) is 0 Å². The molecule has 0 unspecified atom stereocenters. The van der Waals surface area contributed by atoms with Gasteiger partial charge < -0.3 is 10.2 Å². The van der Waals surface area contributed by atoms with E-state index in [0.29, 0.717) is 12.1 Å². The third kappa shape index (κ3) is 2.82. The molecule has 0 aromatic heterocycles. The number of anilines is 2. The molecule has 1 aliphatic heterocycles. The van der Waals surface area contributed by atoms with Crippen LogP contribution in [0, 0.1) is 0 Å². The van der Waals surface area contributed by atoms with Crippen LogP contribution in [0.2, 0.25) is 0 Å². The highest BCUT2D eigenvalue weighted by atomic mass is 35.5. The summed E-state index contributed by atoms with van der Waals surface area (Å²) in [5.74, 6) is -0.0807. The second-order valence-electron chi connectivity index (χ2n) is 4.30. The van der Waals surface area contributed by atoms with Gasteiger partial charge in [0.1, 0.15) is 5.38 Å². The molecular weight excluding hydrogens is 252 g/mol. The molecule has 0 aliphatic carbocycles. The molecular formula is C13H15ClN2O2. The maximum absolute atomic E-state index is 11.6. The largest absolute Gasteiger partial charge is 0.325 e. The fourth-order valence-electron chi connectivity index (χ4n) is 1.89. The summed E-state index contributed by atoms with van der Waals surface area (Å²) in [7, 11) is 0. The Morgan fingerprint density at radius 3 is 2.56 bits per heavy atom. The van der Waals surface area contributed by atoms with E-state index in [2.05, 4.69) is 5.32 Å². The zero-order valence-electron chi connectivity index (χ0n) is 10.1. The summed E-state index contributed by atoms with van der Waals surface area (Å²) in [4.78, 5) is 24.7. The van der Waals surface area contributed by atoms with Gasteiger partial charge in [0.2, 0.25) is 11.8 Å². The minimum atomic E-state index is -0.565. The molecule has 0 radical (unpaired) electrons. The Bertz CT molecular complexity index is 457. The summed E-state index contributed by atoms with van der Waals surface area (Å²) in [5.41, 5.74) is 1.55. The molecule has 96 valence electrons. The maximum atomic E-state index is 11.6. The van der Waals surface area contributed by atoms with E-state index in [9.17, 15) is 9.59 Å². The van der Waals surface area contributed by atoms with Crippen molar-refractivity contribution in [2.75, 3.05) is 16.8 Å². The van der Waals surface area contributed by atoms with Crippen LogP contribution < -0.4 is 10.2 Å². The number of amides is 2. The SMILES string of the molecule is C[C@@H](Cl)C(=O)Nc1ccc(N2CCCC2=O)cc1. The third-order valence-electron chi connectivity index (χ3n) is 2.88. The number of benzene rings is 1. The molecule has 1 aromatic rings. The number of hydrogen-bond acceptors (Lipinski definition) is 2. The van der Waals surface area contributed by atoms with Crippen LogP contribution in [-0.4, -0.2) is 23.7 Å². The first-order valence-electron chi connectivity index (χ1n) is 5.93. The van der Waals surface area contributed by atoms with Gasteiger partial charge in [-0.3, -0.25) is 9.59 Å². The van der Waals surface area contributed by atoms with Crippen molar-refractivity contribution in [1.29, 1.82) is 0 Å². The Labute approximate surface area is 111 Å². The minimum Gasteiger partial charge on any atom is -0.325 e. The molecule has 0 bridgehead atoms. The topological polar surface area (TPSA) is 49.4 Å². The third-order valence-corrected chi connectivity index (χ3v) is 3.08. The van der Waals surface area contributed by atoms with E-state index in [0.717, 1.165) is 18.7 Å². The molecule has 1 aromatic carbocycles. The van der Waals surface area contributed by atoms with Gasteiger partial charge in [-0.1, -0.05) is 0 Å². The number of rotatable bonds is 3. The van der Waals surface area contributed by atoms with Crippen molar-refractivity contribution < 1.29 is 9.59 Å². The predicted octanol–water partition coefficient (Wildman–Crippen LogP) is 2.38. The van der Waals surface area contributed by atoms with Crippen LogP contribution in [0.15, 0.2) is 24.3 Å². The van der Waals surface area contributed by atoms with E-state index in [1.54, 1.807) is 24.0 Å². The van der Waals surface area contributed by atoms with Gasteiger partial charge in [-0.2, -0.15) is 0 Å².